The number of aryl methyl sites for hydroxylation is 1. The number of thioether (sulfide) groups is 1. The Morgan fingerprint density at radius 2 is 2.17 bits per heavy atom. The van der Waals surface area contributed by atoms with Gasteiger partial charge in [-0.25, -0.2) is 0 Å². The van der Waals surface area contributed by atoms with Gasteiger partial charge < -0.3 is 14.4 Å². The van der Waals surface area contributed by atoms with Crippen molar-refractivity contribution in [2.24, 2.45) is 0 Å². The summed E-state index contributed by atoms with van der Waals surface area (Å²) in [6.45, 7) is 9.00. The monoisotopic (exact) mass is 273 g/mol. The number of rotatable bonds is 7. The van der Waals surface area contributed by atoms with Crippen LogP contribution in [-0.4, -0.2) is 43.8 Å². The maximum Gasteiger partial charge on any atom is 0.313 e. The minimum atomic E-state index is -0.865. The van der Waals surface area contributed by atoms with Crippen LogP contribution < -0.4 is 0 Å². The predicted molar refractivity (Wildman–Crippen MR) is 68.8 cm³/mol. The lowest BCUT2D eigenvalue weighted by Crippen LogP contribution is -2.31. The molecule has 0 radical (unpaired) electrons. The van der Waals surface area contributed by atoms with Gasteiger partial charge in [0.25, 0.3) is 0 Å². The SMILES string of the molecule is CCOC(C)(C)Cn1c(C)nnc1SCC(=O)O. The van der Waals surface area contributed by atoms with E-state index in [1.54, 1.807) is 0 Å². The van der Waals surface area contributed by atoms with Gasteiger partial charge in [-0.2, -0.15) is 0 Å². The molecular weight excluding hydrogens is 254 g/mol. The molecule has 102 valence electrons. The standard InChI is InChI=1S/C11H19N3O3S/c1-5-17-11(3,4)7-14-8(2)12-13-10(14)18-6-9(15)16/h5-7H2,1-4H3,(H,15,16). The van der Waals surface area contributed by atoms with Crippen molar-refractivity contribution in [2.45, 2.75) is 45.0 Å². The average Bonchev–Trinajstić information content (AvgIpc) is 2.57. The van der Waals surface area contributed by atoms with Gasteiger partial charge in [0, 0.05) is 6.61 Å². The third-order valence-corrected chi connectivity index (χ3v) is 3.25. The van der Waals surface area contributed by atoms with Crippen molar-refractivity contribution in [3.8, 4) is 0 Å². The van der Waals surface area contributed by atoms with Gasteiger partial charge in [0.05, 0.1) is 17.9 Å². The molecule has 0 aliphatic rings. The third-order valence-electron chi connectivity index (χ3n) is 2.30. The molecule has 1 aromatic heterocycles. The first-order valence-electron chi connectivity index (χ1n) is 5.74. The maximum absolute atomic E-state index is 10.6. The van der Waals surface area contributed by atoms with Crippen molar-refractivity contribution in [2.75, 3.05) is 12.4 Å². The summed E-state index contributed by atoms with van der Waals surface area (Å²) in [6.07, 6.45) is 0. The summed E-state index contributed by atoms with van der Waals surface area (Å²) in [7, 11) is 0. The Morgan fingerprint density at radius 1 is 1.50 bits per heavy atom. The summed E-state index contributed by atoms with van der Waals surface area (Å²) in [6, 6.07) is 0. The van der Waals surface area contributed by atoms with E-state index in [0.29, 0.717) is 18.3 Å². The number of hydrogen-bond donors (Lipinski definition) is 1. The fourth-order valence-corrected chi connectivity index (χ4v) is 2.30. The molecule has 1 aromatic rings. The van der Waals surface area contributed by atoms with E-state index in [-0.39, 0.29) is 11.4 Å². The van der Waals surface area contributed by atoms with Gasteiger partial charge in [0.1, 0.15) is 5.82 Å². The second-order valence-corrected chi connectivity index (χ2v) is 5.43. The second kappa shape index (κ2) is 6.19. The maximum atomic E-state index is 10.6. The number of carbonyl (C=O) groups is 1. The molecule has 0 amide bonds. The second-order valence-electron chi connectivity index (χ2n) is 4.49. The smallest absolute Gasteiger partial charge is 0.313 e. The Hall–Kier alpha value is -1.08. The molecule has 1 N–H and O–H groups in total. The summed E-state index contributed by atoms with van der Waals surface area (Å²) >= 11 is 1.17. The number of hydrogen-bond acceptors (Lipinski definition) is 5. The van der Waals surface area contributed by atoms with Crippen LogP contribution in [0.3, 0.4) is 0 Å². The van der Waals surface area contributed by atoms with Crippen LogP contribution >= 0.6 is 11.8 Å². The van der Waals surface area contributed by atoms with Crippen LogP contribution in [0.4, 0.5) is 0 Å². The molecule has 7 heteroatoms. The molecule has 0 saturated heterocycles. The Balaban J connectivity index is 2.80. The van der Waals surface area contributed by atoms with E-state index >= 15 is 0 Å². The van der Waals surface area contributed by atoms with Gasteiger partial charge in [0.2, 0.25) is 0 Å². The van der Waals surface area contributed by atoms with E-state index in [4.69, 9.17) is 9.84 Å². The van der Waals surface area contributed by atoms with Crippen molar-refractivity contribution in [1.82, 2.24) is 14.8 Å². The molecule has 0 aliphatic heterocycles. The quantitative estimate of drug-likeness (QED) is 0.760. The zero-order chi connectivity index (χ0) is 13.8. The average molecular weight is 273 g/mol. The van der Waals surface area contributed by atoms with Gasteiger partial charge in [-0.1, -0.05) is 11.8 Å². The lowest BCUT2D eigenvalue weighted by atomic mass is 10.1. The highest BCUT2D eigenvalue weighted by molar-refractivity contribution is 7.99. The molecule has 0 atom stereocenters. The summed E-state index contributed by atoms with van der Waals surface area (Å²) in [4.78, 5) is 10.6. The van der Waals surface area contributed by atoms with Crippen LogP contribution in [0.25, 0.3) is 0 Å². The molecule has 0 aromatic carbocycles. The van der Waals surface area contributed by atoms with Crippen LogP contribution in [-0.2, 0) is 16.1 Å². The number of aromatic nitrogens is 3. The zero-order valence-electron chi connectivity index (χ0n) is 11.1. The summed E-state index contributed by atoms with van der Waals surface area (Å²) in [5, 5.41) is 17.3. The van der Waals surface area contributed by atoms with E-state index < -0.39 is 5.97 Å². The number of aliphatic carboxylic acids is 1. The van der Waals surface area contributed by atoms with Crippen molar-refractivity contribution in [3.63, 3.8) is 0 Å². The highest BCUT2D eigenvalue weighted by Crippen LogP contribution is 2.21. The highest BCUT2D eigenvalue weighted by Gasteiger charge is 2.22. The summed E-state index contributed by atoms with van der Waals surface area (Å²) in [5.41, 5.74) is -0.333. The van der Waals surface area contributed by atoms with Crippen molar-refractivity contribution >= 4 is 17.7 Å². The Kier molecular flexibility index (Phi) is 5.15. The molecule has 0 spiro atoms. The Bertz CT molecular complexity index is 418. The van der Waals surface area contributed by atoms with Crippen LogP contribution in [0.5, 0.6) is 0 Å². The predicted octanol–water partition coefficient (Wildman–Crippen LogP) is 1.58. The van der Waals surface area contributed by atoms with E-state index in [0.717, 1.165) is 5.82 Å². The molecule has 0 bridgehead atoms. The van der Waals surface area contributed by atoms with Gasteiger partial charge in [0.15, 0.2) is 5.16 Å². The van der Waals surface area contributed by atoms with Gasteiger partial charge in [-0.3, -0.25) is 4.79 Å². The van der Waals surface area contributed by atoms with Crippen molar-refractivity contribution in [3.05, 3.63) is 5.82 Å². The van der Waals surface area contributed by atoms with Crippen LogP contribution in [0.1, 0.15) is 26.6 Å². The van der Waals surface area contributed by atoms with Crippen LogP contribution in [0.2, 0.25) is 0 Å². The normalized spacial score (nSPS) is 11.8. The van der Waals surface area contributed by atoms with E-state index in [2.05, 4.69) is 10.2 Å². The number of nitrogens with zero attached hydrogens (tertiary/aromatic N) is 3. The molecule has 0 unspecified atom stereocenters. The Labute approximate surface area is 111 Å². The van der Waals surface area contributed by atoms with Crippen LogP contribution in [0, 0.1) is 6.92 Å². The van der Waals surface area contributed by atoms with Gasteiger partial charge in [-0.15, -0.1) is 10.2 Å². The van der Waals surface area contributed by atoms with E-state index in [1.165, 1.54) is 11.8 Å². The van der Waals surface area contributed by atoms with Crippen molar-refractivity contribution < 1.29 is 14.6 Å². The molecule has 0 saturated carbocycles. The number of ether oxygens (including phenoxy) is 1. The lowest BCUT2D eigenvalue weighted by molar-refractivity contribution is -0.133. The first-order valence-corrected chi connectivity index (χ1v) is 6.72. The summed E-state index contributed by atoms with van der Waals surface area (Å²) in [5.74, 6) is -0.125. The molecule has 18 heavy (non-hydrogen) atoms. The summed E-state index contributed by atoms with van der Waals surface area (Å²) < 4.78 is 7.53. The van der Waals surface area contributed by atoms with E-state index in [1.807, 2.05) is 32.3 Å². The lowest BCUT2D eigenvalue weighted by Gasteiger charge is -2.26. The first-order chi connectivity index (χ1) is 8.35. The third kappa shape index (κ3) is 4.30. The zero-order valence-corrected chi connectivity index (χ0v) is 12.0. The fraction of sp³-hybridized carbons (Fsp3) is 0.727. The number of carboxylic acids is 1. The largest absolute Gasteiger partial charge is 0.481 e. The van der Waals surface area contributed by atoms with Gasteiger partial charge in [-0.05, 0) is 27.7 Å². The minimum Gasteiger partial charge on any atom is -0.481 e. The molecule has 0 aliphatic carbocycles. The Morgan fingerprint density at radius 3 is 2.72 bits per heavy atom. The molecule has 1 heterocycles. The molecule has 0 fully saturated rings. The first kappa shape index (κ1) is 15.0. The van der Waals surface area contributed by atoms with Crippen molar-refractivity contribution in [1.29, 1.82) is 0 Å². The molecular formula is C11H19N3O3S. The van der Waals surface area contributed by atoms with E-state index in [9.17, 15) is 4.79 Å². The minimum absolute atomic E-state index is 0.0206. The molecule has 1 rings (SSSR count). The molecule has 6 nitrogen and oxygen atoms in total. The topological polar surface area (TPSA) is 77.2 Å². The van der Waals surface area contributed by atoms with Gasteiger partial charge >= 0.3 is 5.97 Å². The fourth-order valence-electron chi connectivity index (χ4n) is 1.59. The number of carboxylic acid groups (broad SMARTS) is 1. The highest BCUT2D eigenvalue weighted by atomic mass is 32.2. The van der Waals surface area contributed by atoms with Crippen LogP contribution in [0.15, 0.2) is 5.16 Å².